The van der Waals surface area contributed by atoms with Gasteiger partial charge in [-0.1, -0.05) is 41.9 Å². The predicted octanol–water partition coefficient (Wildman–Crippen LogP) is 4.51. The van der Waals surface area contributed by atoms with Gasteiger partial charge >= 0.3 is 16.1 Å². The number of rotatable bonds is 8. The van der Waals surface area contributed by atoms with Gasteiger partial charge in [-0.05, 0) is 60.5 Å². The summed E-state index contributed by atoms with van der Waals surface area (Å²) in [6.45, 7) is 3.70. The fourth-order valence-corrected chi connectivity index (χ4v) is 4.92. The number of anilines is 1. The van der Waals surface area contributed by atoms with Crippen molar-refractivity contribution in [2.24, 2.45) is 0 Å². The van der Waals surface area contributed by atoms with Crippen LogP contribution >= 0.6 is 11.6 Å². The zero-order chi connectivity index (χ0) is 27.4. The molecule has 4 rings (SSSR count). The molecular weight excluding hydrogens is 532 g/mol. The van der Waals surface area contributed by atoms with Crippen molar-refractivity contribution in [3.8, 4) is 11.5 Å². The first kappa shape index (κ1) is 26.6. The average Bonchev–Trinajstić information content (AvgIpc) is 2.88. The van der Waals surface area contributed by atoms with E-state index in [1.165, 1.54) is 55.7 Å². The topological polar surface area (TPSA) is 119 Å². The van der Waals surface area contributed by atoms with Crippen molar-refractivity contribution in [3.63, 3.8) is 0 Å². The molecule has 0 saturated carbocycles. The number of benzene rings is 3. The summed E-state index contributed by atoms with van der Waals surface area (Å²) in [5, 5.41) is 2.44. The molecular formula is C27H21ClN2O7S. The van der Waals surface area contributed by atoms with Gasteiger partial charge in [0.15, 0.2) is 11.5 Å². The summed E-state index contributed by atoms with van der Waals surface area (Å²) in [5.41, 5.74) is 0.541. The first-order valence-corrected chi connectivity index (χ1v) is 12.9. The lowest BCUT2D eigenvalue weighted by molar-refractivity contribution is -0.122. The van der Waals surface area contributed by atoms with Gasteiger partial charge in [0, 0.05) is 10.6 Å². The molecule has 1 N–H and O–H groups in total. The number of ether oxygens (including phenoxy) is 1. The maximum atomic E-state index is 13.2. The summed E-state index contributed by atoms with van der Waals surface area (Å²) >= 11 is 6.01. The molecule has 1 aliphatic heterocycles. The Morgan fingerprint density at radius 1 is 1.03 bits per heavy atom. The lowest BCUT2D eigenvalue weighted by atomic mass is 10.0. The van der Waals surface area contributed by atoms with Crippen molar-refractivity contribution >= 4 is 51.3 Å². The molecule has 0 radical (unpaired) electrons. The third kappa shape index (κ3) is 5.46. The Kier molecular flexibility index (Phi) is 7.65. The molecule has 0 aromatic heterocycles. The molecule has 4 amide bonds. The average molecular weight is 553 g/mol. The molecule has 0 spiro atoms. The minimum Gasteiger partial charge on any atom is -0.493 e. The van der Waals surface area contributed by atoms with E-state index in [2.05, 4.69) is 11.9 Å². The highest BCUT2D eigenvalue weighted by molar-refractivity contribution is 7.87. The van der Waals surface area contributed by atoms with Crippen LogP contribution in [0.4, 0.5) is 10.5 Å². The summed E-state index contributed by atoms with van der Waals surface area (Å²) in [4.78, 5) is 39.0. The highest BCUT2D eigenvalue weighted by Gasteiger charge is 2.37. The van der Waals surface area contributed by atoms with Crippen LogP contribution in [-0.4, -0.2) is 33.4 Å². The third-order valence-electron chi connectivity index (χ3n) is 5.44. The second-order valence-corrected chi connectivity index (χ2v) is 9.98. The van der Waals surface area contributed by atoms with E-state index in [1.807, 2.05) is 0 Å². The maximum absolute atomic E-state index is 13.2. The Labute approximate surface area is 224 Å². The van der Waals surface area contributed by atoms with Gasteiger partial charge in [0.2, 0.25) is 0 Å². The molecule has 0 unspecified atom stereocenters. The number of methoxy groups -OCH3 is 1. The number of imide groups is 2. The molecule has 0 aliphatic carbocycles. The number of urea groups is 1. The van der Waals surface area contributed by atoms with Crippen LogP contribution < -0.4 is 19.1 Å². The molecule has 3 aromatic rings. The van der Waals surface area contributed by atoms with E-state index in [1.54, 1.807) is 30.3 Å². The Bertz CT molecular complexity index is 1580. The summed E-state index contributed by atoms with van der Waals surface area (Å²) in [6.07, 6.45) is 2.98. The van der Waals surface area contributed by atoms with E-state index in [9.17, 15) is 22.8 Å². The number of allylic oxidation sites excluding steroid dienone is 1. The molecule has 38 heavy (non-hydrogen) atoms. The minimum absolute atomic E-state index is 0.0437. The Balaban J connectivity index is 1.77. The zero-order valence-corrected chi connectivity index (χ0v) is 21.6. The normalized spacial score (nSPS) is 14.8. The van der Waals surface area contributed by atoms with Crippen LogP contribution in [0.5, 0.6) is 11.5 Å². The van der Waals surface area contributed by atoms with E-state index in [-0.39, 0.29) is 34.1 Å². The van der Waals surface area contributed by atoms with Gasteiger partial charge in [-0.15, -0.1) is 6.58 Å². The first-order valence-electron chi connectivity index (χ1n) is 11.1. The molecule has 0 atom stereocenters. The van der Waals surface area contributed by atoms with Crippen molar-refractivity contribution in [2.75, 3.05) is 12.0 Å². The number of carbonyl (C=O) groups excluding carboxylic acids is 3. The molecule has 1 saturated heterocycles. The van der Waals surface area contributed by atoms with Crippen LogP contribution in [0.15, 0.2) is 89.9 Å². The fourth-order valence-electron chi connectivity index (χ4n) is 3.74. The maximum Gasteiger partial charge on any atom is 0.339 e. The quantitative estimate of drug-likeness (QED) is 0.189. The fraction of sp³-hybridized carbons (Fsp3) is 0.0741. The number of nitrogens with zero attached hydrogens (tertiary/aromatic N) is 1. The van der Waals surface area contributed by atoms with E-state index >= 15 is 0 Å². The molecule has 3 aromatic carbocycles. The summed E-state index contributed by atoms with van der Waals surface area (Å²) < 4.78 is 36.6. The van der Waals surface area contributed by atoms with Crippen molar-refractivity contribution in [2.45, 2.75) is 11.3 Å². The third-order valence-corrected chi connectivity index (χ3v) is 6.91. The summed E-state index contributed by atoms with van der Waals surface area (Å²) in [7, 11) is -2.87. The molecule has 1 aliphatic rings. The van der Waals surface area contributed by atoms with Gasteiger partial charge in [-0.3, -0.25) is 14.9 Å². The Hall–Kier alpha value is -4.41. The number of barbiturate groups is 1. The molecule has 194 valence electrons. The number of nitrogens with one attached hydrogen (secondary N) is 1. The lowest BCUT2D eigenvalue weighted by Gasteiger charge is -2.26. The van der Waals surface area contributed by atoms with Crippen LogP contribution in [0.1, 0.15) is 11.1 Å². The Morgan fingerprint density at radius 3 is 2.42 bits per heavy atom. The molecule has 0 bridgehead atoms. The molecule has 9 nitrogen and oxygen atoms in total. The number of hydrogen-bond donors (Lipinski definition) is 1. The summed E-state index contributed by atoms with van der Waals surface area (Å²) in [6, 6.07) is 15.7. The van der Waals surface area contributed by atoms with E-state index in [0.717, 1.165) is 4.90 Å². The summed E-state index contributed by atoms with van der Waals surface area (Å²) in [5.74, 6) is -1.78. The molecule has 1 fully saturated rings. The monoisotopic (exact) mass is 552 g/mol. The van der Waals surface area contributed by atoms with Crippen LogP contribution in [0, 0.1) is 0 Å². The van der Waals surface area contributed by atoms with E-state index in [0.29, 0.717) is 16.1 Å². The zero-order valence-electron chi connectivity index (χ0n) is 20.0. The van der Waals surface area contributed by atoms with Gasteiger partial charge < -0.3 is 8.92 Å². The Morgan fingerprint density at radius 2 is 1.76 bits per heavy atom. The SMILES string of the molecule is C=CCc1cc(/C=C2\C(=O)NC(=O)N(c3cccc(Cl)c3)C2=O)cc(OC)c1OS(=O)(=O)c1ccccc1. The smallest absolute Gasteiger partial charge is 0.339 e. The van der Waals surface area contributed by atoms with Crippen molar-refractivity contribution < 1.29 is 31.7 Å². The van der Waals surface area contributed by atoms with E-state index in [4.69, 9.17) is 20.5 Å². The highest BCUT2D eigenvalue weighted by atomic mass is 35.5. The van der Waals surface area contributed by atoms with Gasteiger partial charge in [0.05, 0.1) is 12.8 Å². The highest BCUT2D eigenvalue weighted by Crippen LogP contribution is 2.37. The second kappa shape index (κ2) is 10.9. The van der Waals surface area contributed by atoms with Crippen molar-refractivity contribution in [1.82, 2.24) is 5.32 Å². The van der Waals surface area contributed by atoms with E-state index < -0.39 is 28.0 Å². The lowest BCUT2D eigenvalue weighted by Crippen LogP contribution is -2.54. The number of amides is 4. The van der Waals surface area contributed by atoms with Crippen LogP contribution in [0.25, 0.3) is 6.08 Å². The first-order chi connectivity index (χ1) is 18.1. The van der Waals surface area contributed by atoms with Gasteiger partial charge in [-0.25, -0.2) is 9.69 Å². The largest absolute Gasteiger partial charge is 0.493 e. The van der Waals surface area contributed by atoms with Gasteiger partial charge in [0.1, 0.15) is 10.5 Å². The van der Waals surface area contributed by atoms with Crippen LogP contribution in [0.2, 0.25) is 5.02 Å². The number of hydrogen-bond acceptors (Lipinski definition) is 7. The van der Waals surface area contributed by atoms with Crippen LogP contribution in [0.3, 0.4) is 0 Å². The molecule has 11 heteroatoms. The van der Waals surface area contributed by atoms with Crippen molar-refractivity contribution in [1.29, 1.82) is 0 Å². The van der Waals surface area contributed by atoms with Crippen LogP contribution in [-0.2, 0) is 26.1 Å². The number of carbonyl (C=O) groups is 3. The second-order valence-electron chi connectivity index (χ2n) is 7.99. The molecule has 1 heterocycles. The number of halogens is 1. The van der Waals surface area contributed by atoms with Gasteiger partial charge in [0.25, 0.3) is 11.8 Å². The minimum atomic E-state index is -4.19. The van der Waals surface area contributed by atoms with Gasteiger partial charge in [-0.2, -0.15) is 8.42 Å². The van der Waals surface area contributed by atoms with Crippen molar-refractivity contribution in [3.05, 3.63) is 101 Å². The standard InChI is InChI=1S/C27H21ClN2O7S/c1-3-8-18-13-17(15-23(36-2)24(18)37-38(34,35)21-11-5-4-6-12-21)14-22-25(31)29-27(33)30(26(22)32)20-10-7-9-19(28)16-20/h3-7,9-16H,1,8H2,2H3,(H,29,31,33)/b22-14+. The predicted molar refractivity (Wildman–Crippen MR) is 142 cm³/mol.